The van der Waals surface area contributed by atoms with Gasteiger partial charge in [0, 0.05) is 0 Å². The van der Waals surface area contributed by atoms with Gasteiger partial charge in [0.2, 0.25) is 0 Å². The lowest BCUT2D eigenvalue weighted by Crippen LogP contribution is -2.28. The largest absolute Gasteiger partial charge is 0.118 e. The first-order chi connectivity index (χ1) is 7.87. The molecule has 0 radical (unpaired) electrons. The molecule has 0 aromatic heterocycles. The van der Waals surface area contributed by atoms with Crippen molar-refractivity contribution in [2.75, 3.05) is 0 Å². The Kier molecular flexibility index (Phi) is 3.92. The van der Waals surface area contributed by atoms with Crippen LogP contribution in [0.5, 0.6) is 0 Å². The van der Waals surface area contributed by atoms with Crippen molar-refractivity contribution in [3.63, 3.8) is 0 Å². The molecule has 0 heterocycles. The van der Waals surface area contributed by atoms with Crippen molar-refractivity contribution < 1.29 is 0 Å². The lowest BCUT2D eigenvalue weighted by atomic mass is 9.67. The number of alkyl halides is 1. The van der Waals surface area contributed by atoms with E-state index in [1.807, 2.05) is 0 Å². The Morgan fingerprint density at radius 3 is 2.47 bits per heavy atom. The van der Waals surface area contributed by atoms with Crippen LogP contribution in [-0.4, -0.2) is 5.38 Å². The molecule has 1 heteroatoms. The van der Waals surface area contributed by atoms with Crippen molar-refractivity contribution in [2.24, 2.45) is 23.2 Å². The minimum atomic E-state index is 0.267. The zero-order valence-corrected chi connectivity index (χ0v) is 12.6. The van der Waals surface area contributed by atoms with E-state index in [0.29, 0.717) is 5.41 Å². The van der Waals surface area contributed by atoms with Crippen LogP contribution >= 0.6 is 11.6 Å². The van der Waals surface area contributed by atoms with Crippen LogP contribution in [0.2, 0.25) is 0 Å². The summed E-state index contributed by atoms with van der Waals surface area (Å²) in [6.07, 6.45) is 8.94. The molecule has 0 aromatic rings. The molecule has 2 aliphatic rings. The van der Waals surface area contributed by atoms with Crippen LogP contribution in [-0.2, 0) is 0 Å². The third kappa shape index (κ3) is 3.28. The third-order valence-corrected chi connectivity index (χ3v) is 5.23. The number of hydrogen-bond donors (Lipinski definition) is 0. The fourth-order valence-electron chi connectivity index (χ4n) is 3.67. The van der Waals surface area contributed by atoms with Gasteiger partial charge >= 0.3 is 0 Å². The molecule has 0 aromatic carbocycles. The normalized spacial score (nSPS) is 42.1. The zero-order chi connectivity index (χ0) is 12.6. The van der Waals surface area contributed by atoms with Crippen LogP contribution in [0.4, 0.5) is 0 Å². The van der Waals surface area contributed by atoms with Crippen molar-refractivity contribution in [1.82, 2.24) is 0 Å². The predicted molar refractivity (Wildman–Crippen MR) is 76.4 cm³/mol. The first-order valence-corrected chi connectivity index (χ1v) is 7.66. The molecule has 17 heavy (non-hydrogen) atoms. The van der Waals surface area contributed by atoms with Gasteiger partial charge in [0.1, 0.15) is 0 Å². The second kappa shape index (κ2) is 4.96. The summed E-state index contributed by atoms with van der Waals surface area (Å²) in [6, 6.07) is 0. The van der Waals surface area contributed by atoms with Gasteiger partial charge < -0.3 is 0 Å². The molecule has 4 unspecified atom stereocenters. The molecule has 0 nitrogen and oxygen atoms in total. The van der Waals surface area contributed by atoms with Gasteiger partial charge in [-0.05, 0) is 55.3 Å². The van der Waals surface area contributed by atoms with Gasteiger partial charge in [0.25, 0.3) is 0 Å². The van der Waals surface area contributed by atoms with E-state index in [1.54, 1.807) is 5.57 Å². The molecule has 2 rings (SSSR count). The summed E-state index contributed by atoms with van der Waals surface area (Å²) in [5.74, 6) is 2.62. The van der Waals surface area contributed by atoms with Crippen molar-refractivity contribution in [3.8, 4) is 0 Å². The van der Waals surface area contributed by atoms with Crippen LogP contribution in [0.25, 0.3) is 0 Å². The average molecular weight is 255 g/mol. The lowest BCUT2D eigenvalue weighted by molar-refractivity contribution is 0.211. The lowest BCUT2D eigenvalue weighted by Gasteiger charge is -2.39. The first-order valence-electron chi connectivity index (χ1n) is 7.22. The SMILES string of the molecule is CC1CCC(C2=CC(Cl)CC(C)(C)C2)CC1C. The molecule has 0 bridgehead atoms. The molecule has 0 N–H and O–H groups in total. The molecule has 98 valence electrons. The van der Waals surface area contributed by atoms with Gasteiger partial charge in [-0.2, -0.15) is 0 Å². The number of hydrogen-bond acceptors (Lipinski definition) is 0. The Bertz CT molecular complexity index is 303. The summed E-state index contributed by atoms with van der Waals surface area (Å²) in [4.78, 5) is 0. The number of rotatable bonds is 1. The molecular weight excluding hydrogens is 228 g/mol. The highest BCUT2D eigenvalue weighted by Gasteiger charge is 2.33. The van der Waals surface area contributed by atoms with Crippen molar-refractivity contribution in [3.05, 3.63) is 11.6 Å². The molecule has 1 fully saturated rings. The maximum atomic E-state index is 6.40. The number of allylic oxidation sites excluding steroid dienone is 2. The van der Waals surface area contributed by atoms with Gasteiger partial charge in [-0.3, -0.25) is 0 Å². The maximum absolute atomic E-state index is 6.40. The maximum Gasteiger partial charge on any atom is 0.0523 e. The van der Waals surface area contributed by atoms with Crippen LogP contribution in [0.1, 0.15) is 59.8 Å². The second-order valence-electron chi connectivity index (χ2n) is 7.27. The highest BCUT2D eigenvalue weighted by molar-refractivity contribution is 6.21. The predicted octanol–water partition coefficient (Wildman–Crippen LogP) is 5.41. The quantitative estimate of drug-likeness (QED) is 0.433. The third-order valence-electron chi connectivity index (χ3n) is 4.95. The van der Waals surface area contributed by atoms with E-state index < -0.39 is 0 Å². The van der Waals surface area contributed by atoms with Gasteiger partial charge in [0.15, 0.2) is 0 Å². The minimum absolute atomic E-state index is 0.267. The van der Waals surface area contributed by atoms with Gasteiger partial charge in [-0.1, -0.05) is 39.3 Å². The van der Waals surface area contributed by atoms with E-state index in [0.717, 1.165) is 24.2 Å². The Balaban J connectivity index is 2.07. The topological polar surface area (TPSA) is 0 Å². The fourth-order valence-corrected chi connectivity index (χ4v) is 4.25. The molecule has 0 spiro atoms. The molecule has 2 aliphatic carbocycles. The first kappa shape index (κ1) is 13.5. The number of halogens is 1. The smallest absolute Gasteiger partial charge is 0.0523 e. The average Bonchev–Trinajstić information content (AvgIpc) is 2.19. The van der Waals surface area contributed by atoms with Crippen LogP contribution in [0.3, 0.4) is 0 Å². The molecule has 0 aliphatic heterocycles. The summed E-state index contributed by atoms with van der Waals surface area (Å²) in [7, 11) is 0. The second-order valence-corrected chi connectivity index (χ2v) is 7.83. The van der Waals surface area contributed by atoms with Crippen LogP contribution in [0.15, 0.2) is 11.6 Å². The van der Waals surface area contributed by atoms with E-state index in [2.05, 4.69) is 33.8 Å². The van der Waals surface area contributed by atoms with E-state index in [4.69, 9.17) is 11.6 Å². The minimum Gasteiger partial charge on any atom is -0.118 e. The summed E-state index contributed by atoms with van der Waals surface area (Å²) < 4.78 is 0. The van der Waals surface area contributed by atoms with Gasteiger partial charge in [0.05, 0.1) is 5.38 Å². The standard InChI is InChI=1S/C16H27Cl/c1-11-5-6-13(7-12(11)2)14-8-15(17)10-16(3,4)9-14/h8,11-13,15H,5-7,9-10H2,1-4H3. The molecule has 4 atom stereocenters. The van der Waals surface area contributed by atoms with Crippen molar-refractivity contribution in [2.45, 2.75) is 65.2 Å². The highest BCUT2D eigenvalue weighted by atomic mass is 35.5. The Morgan fingerprint density at radius 1 is 1.18 bits per heavy atom. The van der Waals surface area contributed by atoms with Crippen LogP contribution < -0.4 is 0 Å². The van der Waals surface area contributed by atoms with Gasteiger partial charge in [-0.25, -0.2) is 0 Å². The zero-order valence-electron chi connectivity index (χ0n) is 11.8. The highest BCUT2D eigenvalue weighted by Crippen LogP contribution is 2.45. The molecular formula is C16H27Cl. The summed E-state index contributed by atoms with van der Waals surface area (Å²) in [6.45, 7) is 9.56. The van der Waals surface area contributed by atoms with Crippen molar-refractivity contribution >= 4 is 11.6 Å². The molecule has 0 saturated heterocycles. The Hall–Kier alpha value is 0.0300. The molecule has 1 saturated carbocycles. The summed E-state index contributed by atoms with van der Waals surface area (Å²) in [5, 5.41) is 0.267. The molecule has 0 amide bonds. The van der Waals surface area contributed by atoms with Gasteiger partial charge in [-0.15, -0.1) is 11.6 Å². The van der Waals surface area contributed by atoms with E-state index >= 15 is 0 Å². The summed E-state index contributed by atoms with van der Waals surface area (Å²) in [5.41, 5.74) is 2.07. The Labute approximate surface area is 112 Å². The van der Waals surface area contributed by atoms with E-state index in [-0.39, 0.29) is 5.38 Å². The summed E-state index contributed by atoms with van der Waals surface area (Å²) >= 11 is 6.40. The van der Waals surface area contributed by atoms with Crippen molar-refractivity contribution in [1.29, 1.82) is 0 Å². The van der Waals surface area contributed by atoms with E-state index in [1.165, 1.54) is 25.7 Å². The van der Waals surface area contributed by atoms with E-state index in [9.17, 15) is 0 Å². The Morgan fingerprint density at radius 2 is 1.88 bits per heavy atom. The monoisotopic (exact) mass is 254 g/mol. The van der Waals surface area contributed by atoms with Crippen LogP contribution in [0, 0.1) is 23.2 Å². The fraction of sp³-hybridized carbons (Fsp3) is 0.875.